The molecule has 6 heteroatoms. The molecule has 0 unspecified atom stereocenters. The molecule has 0 aliphatic heterocycles. The number of hydrogen-bond donors (Lipinski definition) is 0. The Morgan fingerprint density at radius 3 is 2.71 bits per heavy atom. The van der Waals surface area contributed by atoms with Gasteiger partial charge in [-0.3, -0.25) is 9.55 Å². The highest BCUT2D eigenvalue weighted by atomic mass is 35.5. The molecule has 0 saturated heterocycles. The van der Waals surface area contributed by atoms with Gasteiger partial charge in [0.1, 0.15) is 5.52 Å². The molecule has 0 aliphatic rings. The molecule has 0 radical (unpaired) electrons. The Hall–Kier alpha value is -2.66. The fourth-order valence-electron chi connectivity index (χ4n) is 2.24. The summed E-state index contributed by atoms with van der Waals surface area (Å²) in [6.07, 6.45) is 5.21. The second kappa shape index (κ2) is 4.71. The first kappa shape index (κ1) is 12.1. The fraction of sp³-hybridized carbons (Fsp3) is 0. The van der Waals surface area contributed by atoms with Gasteiger partial charge in [-0.1, -0.05) is 0 Å². The van der Waals surface area contributed by atoms with Crippen LogP contribution >= 0.6 is 11.6 Å². The molecule has 4 heterocycles. The van der Waals surface area contributed by atoms with Crippen LogP contribution in [-0.2, 0) is 0 Å². The SMILES string of the molecule is Clc1ccc(-c2nc3cccnc3n2-c2cccnc2)o1. The van der Waals surface area contributed by atoms with Crippen molar-refractivity contribution in [1.82, 2.24) is 19.5 Å². The number of fused-ring (bicyclic) bond motifs is 1. The smallest absolute Gasteiger partial charge is 0.194 e. The van der Waals surface area contributed by atoms with E-state index in [2.05, 4.69) is 15.0 Å². The van der Waals surface area contributed by atoms with Crippen LogP contribution in [0.3, 0.4) is 0 Å². The molecule has 4 rings (SSSR count). The van der Waals surface area contributed by atoms with Crippen molar-refractivity contribution in [2.24, 2.45) is 0 Å². The minimum atomic E-state index is 0.322. The Kier molecular flexibility index (Phi) is 2.72. The number of imidazole rings is 1. The van der Waals surface area contributed by atoms with E-state index in [1.807, 2.05) is 28.8 Å². The number of rotatable bonds is 2. The van der Waals surface area contributed by atoms with Crippen molar-refractivity contribution < 1.29 is 4.42 Å². The van der Waals surface area contributed by atoms with E-state index in [-0.39, 0.29) is 0 Å². The van der Waals surface area contributed by atoms with Gasteiger partial charge in [0.2, 0.25) is 0 Å². The standard InChI is InChI=1S/C15H9ClN4O/c16-13-6-5-12(21-13)15-19-11-4-2-8-18-14(11)20(15)10-3-1-7-17-9-10/h1-9H. The molecule has 0 fully saturated rings. The molecule has 5 nitrogen and oxygen atoms in total. The highest BCUT2D eigenvalue weighted by molar-refractivity contribution is 6.28. The monoisotopic (exact) mass is 296 g/mol. The Labute approximate surface area is 124 Å². The fourth-order valence-corrected chi connectivity index (χ4v) is 2.39. The molecule has 0 saturated carbocycles. The molecule has 0 spiro atoms. The zero-order valence-electron chi connectivity index (χ0n) is 10.8. The van der Waals surface area contributed by atoms with E-state index in [4.69, 9.17) is 16.0 Å². The van der Waals surface area contributed by atoms with E-state index in [0.29, 0.717) is 16.8 Å². The van der Waals surface area contributed by atoms with Crippen molar-refractivity contribution >= 4 is 22.8 Å². The molecule has 0 N–H and O–H groups in total. The van der Waals surface area contributed by atoms with Crippen LogP contribution in [0.25, 0.3) is 28.4 Å². The lowest BCUT2D eigenvalue weighted by atomic mass is 10.3. The topological polar surface area (TPSA) is 56.7 Å². The minimum absolute atomic E-state index is 0.322. The van der Waals surface area contributed by atoms with Gasteiger partial charge in [0.15, 0.2) is 22.5 Å². The quantitative estimate of drug-likeness (QED) is 0.565. The van der Waals surface area contributed by atoms with Crippen molar-refractivity contribution in [3.63, 3.8) is 0 Å². The summed E-state index contributed by atoms with van der Waals surface area (Å²) in [6, 6.07) is 11.0. The summed E-state index contributed by atoms with van der Waals surface area (Å²) in [5, 5.41) is 0.322. The summed E-state index contributed by atoms with van der Waals surface area (Å²) in [6.45, 7) is 0. The molecular formula is C15H9ClN4O. The van der Waals surface area contributed by atoms with Crippen molar-refractivity contribution in [2.75, 3.05) is 0 Å². The third kappa shape index (κ3) is 1.98. The van der Waals surface area contributed by atoms with Gasteiger partial charge in [-0.25, -0.2) is 9.97 Å². The third-order valence-corrected chi connectivity index (χ3v) is 3.32. The van der Waals surface area contributed by atoms with Gasteiger partial charge < -0.3 is 4.42 Å². The van der Waals surface area contributed by atoms with Crippen LogP contribution in [0.15, 0.2) is 59.4 Å². The summed E-state index contributed by atoms with van der Waals surface area (Å²) >= 11 is 5.88. The molecule has 4 aromatic heterocycles. The van der Waals surface area contributed by atoms with Gasteiger partial charge in [0, 0.05) is 12.4 Å². The van der Waals surface area contributed by atoms with Crippen molar-refractivity contribution in [3.05, 3.63) is 60.2 Å². The maximum absolute atomic E-state index is 5.88. The highest BCUT2D eigenvalue weighted by Gasteiger charge is 2.17. The summed E-state index contributed by atoms with van der Waals surface area (Å²) in [7, 11) is 0. The molecule has 0 bridgehead atoms. The normalized spacial score (nSPS) is 11.1. The van der Waals surface area contributed by atoms with Gasteiger partial charge in [-0.05, 0) is 48.0 Å². The summed E-state index contributed by atoms with van der Waals surface area (Å²) in [5.74, 6) is 1.23. The number of aromatic nitrogens is 4. The maximum atomic E-state index is 5.88. The van der Waals surface area contributed by atoms with Crippen molar-refractivity contribution in [2.45, 2.75) is 0 Å². The second-order valence-corrected chi connectivity index (χ2v) is 4.80. The summed E-state index contributed by atoms with van der Waals surface area (Å²) < 4.78 is 7.40. The van der Waals surface area contributed by atoms with Gasteiger partial charge in [0.05, 0.1) is 11.9 Å². The second-order valence-electron chi connectivity index (χ2n) is 4.43. The van der Waals surface area contributed by atoms with E-state index >= 15 is 0 Å². The van der Waals surface area contributed by atoms with Crippen molar-refractivity contribution in [3.8, 4) is 17.3 Å². The largest absolute Gasteiger partial charge is 0.441 e. The molecule has 0 aromatic carbocycles. The summed E-state index contributed by atoms with van der Waals surface area (Å²) in [4.78, 5) is 13.2. The molecule has 0 aliphatic carbocycles. The Bertz CT molecular complexity index is 914. The Morgan fingerprint density at radius 2 is 1.95 bits per heavy atom. The lowest BCUT2D eigenvalue weighted by Gasteiger charge is -2.06. The van der Waals surface area contributed by atoms with Gasteiger partial charge in [-0.2, -0.15) is 0 Å². The van der Waals surface area contributed by atoms with E-state index in [0.717, 1.165) is 16.9 Å². The van der Waals surface area contributed by atoms with E-state index in [9.17, 15) is 0 Å². The molecular weight excluding hydrogens is 288 g/mol. The lowest BCUT2D eigenvalue weighted by molar-refractivity contribution is 0.578. The molecule has 102 valence electrons. The first-order chi connectivity index (χ1) is 10.3. The number of furan rings is 1. The van der Waals surface area contributed by atoms with Gasteiger partial charge in [0.25, 0.3) is 0 Å². The Balaban J connectivity index is 2.06. The lowest BCUT2D eigenvalue weighted by Crippen LogP contribution is -1.98. The van der Waals surface area contributed by atoms with Gasteiger partial charge >= 0.3 is 0 Å². The van der Waals surface area contributed by atoms with Crippen LogP contribution < -0.4 is 0 Å². The van der Waals surface area contributed by atoms with E-state index in [1.165, 1.54) is 0 Å². The van der Waals surface area contributed by atoms with Gasteiger partial charge in [-0.15, -0.1) is 0 Å². The number of hydrogen-bond acceptors (Lipinski definition) is 4. The van der Waals surface area contributed by atoms with E-state index < -0.39 is 0 Å². The van der Waals surface area contributed by atoms with Crippen LogP contribution in [0.1, 0.15) is 0 Å². The molecule has 4 aromatic rings. The zero-order valence-corrected chi connectivity index (χ0v) is 11.5. The average molecular weight is 297 g/mol. The highest BCUT2D eigenvalue weighted by Crippen LogP contribution is 2.29. The van der Waals surface area contributed by atoms with Crippen LogP contribution in [0, 0.1) is 0 Å². The van der Waals surface area contributed by atoms with Crippen LogP contribution in [0.2, 0.25) is 5.22 Å². The summed E-state index contributed by atoms with van der Waals surface area (Å²) in [5.41, 5.74) is 2.39. The number of halogens is 1. The minimum Gasteiger partial charge on any atom is -0.441 e. The third-order valence-electron chi connectivity index (χ3n) is 3.11. The molecule has 0 atom stereocenters. The van der Waals surface area contributed by atoms with Crippen LogP contribution in [0.5, 0.6) is 0 Å². The first-order valence-corrected chi connectivity index (χ1v) is 6.70. The predicted octanol–water partition coefficient (Wildman–Crippen LogP) is 3.73. The maximum Gasteiger partial charge on any atom is 0.194 e. The molecule has 21 heavy (non-hydrogen) atoms. The average Bonchev–Trinajstić information content (AvgIpc) is 3.11. The Morgan fingerprint density at radius 1 is 1.05 bits per heavy atom. The van der Waals surface area contributed by atoms with E-state index in [1.54, 1.807) is 30.7 Å². The van der Waals surface area contributed by atoms with Crippen LogP contribution in [0.4, 0.5) is 0 Å². The number of pyridine rings is 2. The zero-order chi connectivity index (χ0) is 14.2. The number of nitrogens with zero attached hydrogens (tertiary/aromatic N) is 4. The molecule has 0 amide bonds. The van der Waals surface area contributed by atoms with Crippen molar-refractivity contribution in [1.29, 1.82) is 0 Å². The van der Waals surface area contributed by atoms with Crippen LogP contribution in [-0.4, -0.2) is 19.5 Å². The predicted molar refractivity (Wildman–Crippen MR) is 79.4 cm³/mol. The first-order valence-electron chi connectivity index (χ1n) is 6.32.